The molecule has 1 amide bonds. The van der Waals surface area contributed by atoms with Crippen molar-refractivity contribution in [3.8, 4) is 23.0 Å². The number of hydrogen-bond acceptors (Lipinski definition) is 10. The van der Waals surface area contributed by atoms with Gasteiger partial charge in [0.1, 0.15) is 24.7 Å². The number of unbranched alkanes of at least 4 members (excludes halogenated alkanes) is 2. The third-order valence-electron chi connectivity index (χ3n) is 10.6. The Balaban J connectivity index is 1.56. The second kappa shape index (κ2) is 15.9. The predicted octanol–water partition coefficient (Wildman–Crippen LogP) is 5.94. The monoisotopic (exact) mass is 690 g/mol. The third-order valence-corrected chi connectivity index (χ3v) is 10.6. The van der Waals surface area contributed by atoms with Crippen LogP contribution in [-0.2, 0) is 9.57 Å². The van der Waals surface area contributed by atoms with E-state index in [1.807, 2.05) is 11.8 Å². The molecule has 2 aromatic rings. The maximum atomic E-state index is 14.7. The molecule has 6 atom stereocenters. The summed E-state index contributed by atoms with van der Waals surface area (Å²) in [6.45, 7) is 6.92. The fraction of sp³-hybridized carbons (Fsp3) is 0.538. The van der Waals surface area contributed by atoms with Crippen LogP contribution in [0.2, 0.25) is 0 Å². The number of rotatable bonds is 16. The predicted molar refractivity (Wildman–Crippen MR) is 188 cm³/mol. The number of aromatic hydroxyl groups is 1. The van der Waals surface area contributed by atoms with E-state index in [0.717, 1.165) is 42.5 Å². The number of hydrogen-bond donors (Lipinski definition) is 3. The van der Waals surface area contributed by atoms with Crippen molar-refractivity contribution in [1.29, 1.82) is 0 Å². The van der Waals surface area contributed by atoms with Gasteiger partial charge in [0, 0.05) is 43.2 Å². The number of ether oxygens (including phenoxy) is 4. The number of phenolic OH excluding ortho intramolecular Hbond substituents is 1. The van der Waals surface area contributed by atoms with Gasteiger partial charge in [0.25, 0.3) is 5.91 Å². The van der Waals surface area contributed by atoms with Gasteiger partial charge in [-0.2, -0.15) is 0 Å². The van der Waals surface area contributed by atoms with Gasteiger partial charge in [-0.15, -0.1) is 6.58 Å². The average molecular weight is 691 g/mol. The largest absolute Gasteiger partial charge is 0.508 e. The van der Waals surface area contributed by atoms with Crippen LogP contribution in [-0.4, -0.2) is 83.9 Å². The van der Waals surface area contributed by atoms with Crippen LogP contribution in [0.3, 0.4) is 0 Å². The van der Waals surface area contributed by atoms with Crippen molar-refractivity contribution >= 4 is 11.6 Å². The van der Waals surface area contributed by atoms with Crippen LogP contribution >= 0.6 is 0 Å². The number of aliphatic hydroxyl groups excluding tert-OH is 2. The molecule has 0 aromatic heterocycles. The molecule has 4 aliphatic rings. The number of carbonyl (C=O) groups excluding carboxylic acids is 1. The van der Waals surface area contributed by atoms with Crippen LogP contribution in [0.5, 0.6) is 23.0 Å². The summed E-state index contributed by atoms with van der Waals surface area (Å²) in [6.07, 6.45) is 9.66. The van der Waals surface area contributed by atoms with E-state index in [9.17, 15) is 20.1 Å². The lowest BCUT2D eigenvalue weighted by molar-refractivity contribution is -0.254. The van der Waals surface area contributed by atoms with Crippen molar-refractivity contribution in [2.75, 3.05) is 40.3 Å². The van der Waals surface area contributed by atoms with Gasteiger partial charge in [-0.3, -0.25) is 4.79 Å². The maximum absolute atomic E-state index is 14.7. The van der Waals surface area contributed by atoms with Gasteiger partial charge >= 0.3 is 0 Å². The maximum Gasteiger partial charge on any atom is 0.254 e. The lowest BCUT2D eigenvalue weighted by Gasteiger charge is -2.60. The molecular formula is C39H50N2O9. The second-order valence-electron chi connectivity index (χ2n) is 13.5. The SMILES string of the molecule is C=CCOC12Oc3ccc(O)cc3C3C(CCCCO)C(CCCCO)C=C(C(=NOC)CC1N(CCC)C(=O)c1ccc4c(c1)OCO4)C32. The molecule has 2 aliphatic heterocycles. The molecule has 0 bridgehead atoms. The third kappa shape index (κ3) is 6.70. The van der Waals surface area contributed by atoms with Crippen molar-refractivity contribution in [1.82, 2.24) is 4.90 Å². The summed E-state index contributed by atoms with van der Waals surface area (Å²) in [4.78, 5) is 22.0. The average Bonchev–Trinajstić information content (AvgIpc) is 3.60. The zero-order valence-electron chi connectivity index (χ0n) is 29.1. The first-order chi connectivity index (χ1) is 24.4. The zero-order valence-corrected chi connectivity index (χ0v) is 29.1. The van der Waals surface area contributed by atoms with Crippen molar-refractivity contribution in [3.63, 3.8) is 0 Å². The lowest BCUT2D eigenvalue weighted by atomic mass is 9.55. The van der Waals surface area contributed by atoms with Gasteiger partial charge in [0.2, 0.25) is 12.6 Å². The Morgan fingerprint density at radius 1 is 1.06 bits per heavy atom. The first-order valence-electron chi connectivity index (χ1n) is 17.9. The minimum Gasteiger partial charge on any atom is -0.508 e. The van der Waals surface area contributed by atoms with Gasteiger partial charge in [-0.05, 0) is 85.9 Å². The molecule has 270 valence electrons. The Morgan fingerprint density at radius 2 is 1.82 bits per heavy atom. The van der Waals surface area contributed by atoms with Crippen LogP contribution in [0.25, 0.3) is 0 Å². The second-order valence-corrected chi connectivity index (χ2v) is 13.5. The first-order valence-corrected chi connectivity index (χ1v) is 17.9. The topological polar surface area (TPSA) is 140 Å². The number of fused-ring (bicyclic) bond motifs is 3. The van der Waals surface area contributed by atoms with Crippen molar-refractivity contribution in [2.24, 2.45) is 22.9 Å². The molecule has 3 N–H and O–H groups in total. The molecule has 2 heterocycles. The highest BCUT2D eigenvalue weighted by Gasteiger charge is 2.65. The van der Waals surface area contributed by atoms with E-state index in [0.29, 0.717) is 55.0 Å². The Hall–Kier alpha value is -4.06. The van der Waals surface area contributed by atoms with Crippen LogP contribution in [0.4, 0.5) is 0 Å². The summed E-state index contributed by atoms with van der Waals surface area (Å²) in [5.41, 5.74) is 3.00. The minimum absolute atomic E-state index is 0.0804. The van der Waals surface area contributed by atoms with Gasteiger partial charge in [0.05, 0.1) is 18.2 Å². The lowest BCUT2D eigenvalue weighted by Crippen LogP contribution is -2.70. The van der Waals surface area contributed by atoms with Crippen LogP contribution in [0.1, 0.15) is 80.1 Å². The first kappa shape index (κ1) is 35.8. The summed E-state index contributed by atoms with van der Waals surface area (Å²) >= 11 is 0. The van der Waals surface area contributed by atoms with E-state index >= 15 is 0 Å². The van der Waals surface area contributed by atoms with Crippen molar-refractivity contribution in [3.05, 3.63) is 71.8 Å². The number of allylic oxidation sites excluding steroid dienone is 1. The molecule has 50 heavy (non-hydrogen) atoms. The van der Waals surface area contributed by atoms with Gasteiger partial charge < -0.3 is 44.0 Å². The van der Waals surface area contributed by atoms with Crippen LogP contribution in [0, 0.1) is 17.8 Å². The van der Waals surface area contributed by atoms with E-state index < -0.39 is 17.7 Å². The molecule has 6 rings (SSSR count). The molecule has 2 aromatic carbocycles. The molecule has 11 heteroatoms. The fourth-order valence-corrected chi connectivity index (χ4v) is 8.60. The highest BCUT2D eigenvalue weighted by Crippen LogP contribution is 2.62. The Morgan fingerprint density at radius 3 is 2.56 bits per heavy atom. The van der Waals surface area contributed by atoms with Crippen LogP contribution < -0.4 is 14.2 Å². The smallest absolute Gasteiger partial charge is 0.254 e. The molecule has 6 unspecified atom stereocenters. The molecule has 0 saturated heterocycles. The van der Waals surface area contributed by atoms with E-state index in [1.165, 1.54) is 7.11 Å². The summed E-state index contributed by atoms with van der Waals surface area (Å²) in [5.74, 6) is -0.130. The van der Waals surface area contributed by atoms with E-state index in [2.05, 4.69) is 17.8 Å². The summed E-state index contributed by atoms with van der Waals surface area (Å²) < 4.78 is 25.2. The molecule has 0 radical (unpaired) electrons. The summed E-state index contributed by atoms with van der Waals surface area (Å²) in [7, 11) is 1.53. The van der Waals surface area contributed by atoms with Gasteiger partial charge in [-0.1, -0.05) is 37.1 Å². The Labute approximate surface area is 294 Å². The van der Waals surface area contributed by atoms with Gasteiger partial charge in [0.15, 0.2) is 11.5 Å². The Bertz CT molecular complexity index is 1590. The number of phenols is 1. The van der Waals surface area contributed by atoms with Crippen molar-refractivity contribution < 1.29 is 43.9 Å². The molecular weight excluding hydrogens is 640 g/mol. The molecule has 0 spiro atoms. The Kier molecular flexibility index (Phi) is 11.3. The molecule has 1 fully saturated rings. The number of aliphatic hydroxyl groups is 2. The fourth-order valence-electron chi connectivity index (χ4n) is 8.60. The van der Waals surface area contributed by atoms with Crippen LogP contribution in [0.15, 0.2) is 65.9 Å². The van der Waals surface area contributed by atoms with Gasteiger partial charge in [-0.25, -0.2) is 0 Å². The molecule has 11 nitrogen and oxygen atoms in total. The van der Waals surface area contributed by atoms with E-state index in [4.69, 9.17) is 23.8 Å². The quantitative estimate of drug-likeness (QED) is 0.111. The summed E-state index contributed by atoms with van der Waals surface area (Å²) in [5, 5.41) is 34.9. The number of nitrogens with zero attached hydrogens (tertiary/aromatic N) is 2. The number of oxime groups is 1. The number of carbonyl (C=O) groups is 1. The highest BCUT2D eigenvalue weighted by atomic mass is 16.7. The highest BCUT2D eigenvalue weighted by molar-refractivity contribution is 6.03. The number of benzene rings is 2. The standard InChI is InChI=1S/C39H50N2O9/c1-4-16-41(38(45)26-12-14-33-34(21-26)48-24-47-33)35-23-31(40-46-3)29-20-25(10-6-8-17-42)28(11-7-9-18-43)36-30-22-27(44)13-15-32(30)50-39(35,37(29)36)49-19-5-2/h5,12-15,20-22,25,28,35-37,42-44H,2,4,6-11,16-19,23-24H2,1,3H3. The van der Waals surface area contributed by atoms with Crippen molar-refractivity contribution in [2.45, 2.75) is 76.0 Å². The number of amides is 1. The molecule has 2 aliphatic carbocycles. The zero-order chi connectivity index (χ0) is 35.3. The summed E-state index contributed by atoms with van der Waals surface area (Å²) in [6, 6.07) is 9.81. The normalized spacial score (nSPS) is 26.8. The molecule has 1 saturated carbocycles. The van der Waals surface area contributed by atoms with E-state index in [-0.39, 0.29) is 56.0 Å². The van der Waals surface area contributed by atoms with E-state index in [1.54, 1.807) is 42.5 Å². The minimum atomic E-state index is -1.35.